The number of urea groups is 1. The highest BCUT2D eigenvalue weighted by Crippen LogP contribution is 2.31. The maximum Gasteiger partial charge on any atom is 0.322 e. The summed E-state index contributed by atoms with van der Waals surface area (Å²) in [5, 5.41) is 15.6. The van der Waals surface area contributed by atoms with Gasteiger partial charge >= 0.3 is 6.03 Å². The van der Waals surface area contributed by atoms with E-state index in [4.69, 9.17) is 10.00 Å². The lowest BCUT2D eigenvalue weighted by atomic mass is 9.89. The standard InChI is InChI=1S/C31H33N5O2/c32-20-24-6-15-30(33-22-24)35-27-9-13-29(14-10-27)36(31(37)34-21-23-4-2-1-3-5-23)28-11-7-25(8-12-28)26-16-18-38-19-17-26/h1-8,11-12,15-16,22,27,29H,9-10,13-14,17-19,21H2,(H,33,35)(H,34,37). The van der Waals surface area contributed by atoms with Gasteiger partial charge in [-0.25, -0.2) is 9.78 Å². The minimum Gasteiger partial charge on any atom is -0.377 e. The molecular formula is C31H33N5O2. The number of ether oxygens (including phenoxy) is 1. The average Bonchev–Trinajstić information content (AvgIpc) is 2.99. The van der Waals surface area contributed by atoms with E-state index >= 15 is 0 Å². The van der Waals surface area contributed by atoms with Gasteiger partial charge in [0.1, 0.15) is 11.9 Å². The fraction of sp³-hybridized carbons (Fsp3) is 0.323. The highest BCUT2D eigenvalue weighted by Gasteiger charge is 2.30. The molecule has 0 radical (unpaired) electrons. The number of nitriles is 1. The number of hydrogen-bond donors (Lipinski definition) is 2. The van der Waals surface area contributed by atoms with Crippen LogP contribution in [0, 0.1) is 11.3 Å². The first kappa shape index (κ1) is 25.5. The summed E-state index contributed by atoms with van der Waals surface area (Å²) >= 11 is 0. The topological polar surface area (TPSA) is 90.3 Å². The number of carbonyl (C=O) groups is 1. The van der Waals surface area contributed by atoms with Gasteiger partial charge in [0, 0.05) is 30.5 Å². The smallest absolute Gasteiger partial charge is 0.322 e. The van der Waals surface area contributed by atoms with E-state index in [1.54, 1.807) is 12.3 Å². The number of anilines is 2. The summed E-state index contributed by atoms with van der Waals surface area (Å²) in [6.45, 7) is 1.89. The van der Waals surface area contributed by atoms with Crippen molar-refractivity contribution in [2.75, 3.05) is 23.4 Å². The number of amides is 2. The zero-order chi connectivity index (χ0) is 26.2. The molecule has 0 saturated heterocycles. The van der Waals surface area contributed by atoms with Crippen molar-refractivity contribution in [1.82, 2.24) is 10.3 Å². The van der Waals surface area contributed by atoms with Gasteiger partial charge in [-0.2, -0.15) is 5.26 Å². The molecule has 0 unspecified atom stereocenters. The summed E-state index contributed by atoms with van der Waals surface area (Å²) in [5.74, 6) is 0.780. The fourth-order valence-electron chi connectivity index (χ4n) is 5.21. The number of pyridine rings is 1. The lowest BCUT2D eigenvalue weighted by Gasteiger charge is -2.37. The van der Waals surface area contributed by atoms with Crippen LogP contribution in [0.4, 0.5) is 16.3 Å². The lowest BCUT2D eigenvalue weighted by Crippen LogP contribution is -2.48. The summed E-state index contributed by atoms with van der Waals surface area (Å²) in [5.41, 5.74) is 5.02. The van der Waals surface area contributed by atoms with Gasteiger partial charge in [-0.15, -0.1) is 0 Å². The second kappa shape index (κ2) is 12.4. The molecule has 2 aliphatic rings. The van der Waals surface area contributed by atoms with E-state index < -0.39 is 0 Å². The third-order valence-electron chi connectivity index (χ3n) is 7.29. The number of hydrogen-bond acceptors (Lipinski definition) is 5. The Morgan fingerprint density at radius 3 is 2.47 bits per heavy atom. The van der Waals surface area contributed by atoms with Crippen molar-refractivity contribution < 1.29 is 9.53 Å². The van der Waals surface area contributed by atoms with Crippen molar-refractivity contribution >= 4 is 23.1 Å². The Labute approximate surface area is 224 Å². The molecule has 5 rings (SSSR count). The zero-order valence-corrected chi connectivity index (χ0v) is 21.5. The monoisotopic (exact) mass is 507 g/mol. The molecule has 1 aliphatic carbocycles. The Kier molecular flexibility index (Phi) is 8.32. The number of rotatable bonds is 7. The summed E-state index contributed by atoms with van der Waals surface area (Å²) in [6, 6.07) is 24.4. The highest BCUT2D eigenvalue weighted by atomic mass is 16.5. The third kappa shape index (κ3) is 6.39. The molecule has 0 bridgehead atoms. The minimum absolute atomic E-state index is 0.0722. The summed E-state index contributed by atoms with van der Waals surface area (Å²) in [6.07, 6.45) is 8.27. The van der Waals surface area contributed by atoms with Crippen LogP contribution < -0.4 is 15.5 Å². The van der Waals surface area contributed by atoms with Gasteiger partial charge in [0.05, 0.1) is 18.8 Å². The predicted molar refractivity (Wildman–Crippen MR) is 150 cm³/mol. The fourth-order valence-corrected chi connectivity index (χ4v) is 5.21. The van der Waals surface area contributed by atoms with E-state index in [9.17, 15) is 4.79 Å². The van der Waals surface area contributed by atoms with Gasteiger partial charge in [0.25, 0.3) is 0 Å². The Bertz CT molecular complexity index is 1270. The number of aromatic nitrogens is 1. The van der Waals surface area contributed by atoms with Gasteiger partial charge < -0.3 is 15.4 Å². The zero-order valence-electron chi connectivity index (χ0n) is 21.5. The van der Waals surface area contributed by atoms with E-state index in [0.29, 0.717) is 18.7 Å². The molecule has 0 atom stereocenters. The molecule has 0 spiro atoms. The second-order valence-corrected chi connectivity index (χ2v) is 9.81. The van der Waals surface area contributed by atoms with Gasteiger partial charge in [0.15, 0.2) is 0 Å². The van der Waals surface area contributed by atoms with Crippen LogP contribution >= 0.6 is 0 Å². The van der Waals surface area contributed by atoms with E-state index in [1.807, 2.05) is 41.3 Å². The SMILES string of the molecule is N#Cc1ccc(NC2CCC(N(C(=O)NCc3ccccc3)c3ccc(C4=CCOCC4)cc3)CC2)nc1. The van der Waals surface area contributed by atoms with Gasteiger partial charge in [-0.1, -0.05) is 48.5 Å². The van der Waals surface area contributed by atoms with Crippen molar-refractivity contribution in [2.24, 2.45) is 0 Å². The Morgan fingerprint density at radius 2 is 1.82 bits per heavy atom. The van der Waals surface area contributed by atoms with Gasteiger partial charge in [-0.3, -0.25) is 4.90 Å². The average molecular weight is 508 g/mol. The molecule has 1 fully saturated rings. The highest BCUT2D eigenvalue weighted by molar-refractivity contribution is 5.92. The Hall–Kier alpha value is -4.15. The molecule has 38 heavy (non-hydrogen) atoms. The molecule has 7 heteroatoms. The molecular weight excluding hydrogens is 474 g/mol. The van der Waals surface area contributed by atoms with Crippen molar-refractivity contribution in [1.29, 1.82) is 5.26 Å². The molecule has 2 N–H and O–H groups in total. The van der Waals surface area contributed by atoms with E-state index in [1.165, 1.54) is 11.1 Å². The van der Waals surface area contributed by atoms with Crippen LogP contribution in [0.15, 0.2) is 79.0 Å². The predicted octanol–water partition coefficient (Wildman–Crippen LogP) is 5.90. The van der Waals surface area contributed by atoms with Crippen LogP contribution in [0.2, 0.25) is 0 Å². The van der Waals surface area contributed by atoms with Crippen molar-refractivity contribution in [3.05, 3.63) is 95.7 Å². The summed E-state index contributed by atoms with van der Waals surface area (Å²) < 4.78 is 5.45. The Balaban J connectivity index is 1.28. The van der Waals surface area contributed by atoms with Crippen LogP contribution in [0.3, 0.4) is 0 Å². The van der Waals surface area contributed by atoms with Gasteiger partial charge in [0.2, 0.25) is 0 Å². The molecule has 1 saturated carbocycles. The largest absolute Gasteiger partial charge is 0.377 e. The summed E-state index contributed by atoms with van der Waals surface area (Å²) in [4.78, 5) is 19.9. The van der Waals surface area contributed by atoms with Crippen LogP contribution in [-0.2, 0) is 11.3 Å². The van der Waals surface area contributed by atoms with Crippen molar-refractivity contribution in [3.63, 3.8) is 0 Å². The maximum atomic E-state index is 13.6. The van der Waals surface area contributed by atoms with Crippen LogP contribution in [0.1, 0.15) is 48.8 Å². The quantitative estimate of drug-likeness (QED) is 0.416. The van der Waals surface area contributed by atoms with Crippen molar-refractivity contribution in [3.8, 4) is 6.07 Å². The van der Waals surface area contributed by atoms with Crippen LogP contribution in [-0.4, -0.2) is 36.3 Å². The summed E-state index contributed by atoms with van der Waals surface area (Å²) in [7, 11) is 0. The Morgan fingerprint density at radius 1 is 1.03 bits per heavy atom. The van der Waals surface area contributed by atoms with Gasteiger partial charge in [-0.05, 0) is 73.1 Å². The molecule has 7 nitrogen and oxygen atoms in total. The first-order valence-electron chi connectivity index (χ1n) is 13.3. The van der Waals surface area contributed by atoms with E-state index in [0.717, 1.165) is 55.8 Å². The normalized spacial score (nSPS) is 19.1. The first-order chi connectivity index (χ1) is 18.7. The lowest BCUT2D eigenvalue weighted by molar-refractivity contribution is 0.161. The van der Waals surface area contributed by atoms with Crippen LogP contribution in [0.5, 0.6) is 0 Å². The molecule has 2 aromatic carbocycles. The molecule has 1 aromatic heterocycles. The molecule has 1 aliphatic heterocycles. The molecule has 3 aromatic rings. The van der Waals surface area contributed by atoms with E-state index in [-0.39, 0.29) is 18.1 Å². The number of benzene rings is 2. The maximum absolute atomic E-state index is 13.6. The first-order valence-corrected chi connectivity index (χ1v) is 13.3. The number of carbonyl (C=O) groups excluding carboxylic acids is 1. The van der Waals surface area contributed by atoms with E-state index in [2.05, 4.69) is 52.0 Å². The number of nitrogens with zero attached hydrogens (tertiary/aromatic N) is 3. The number of nitrogens with one attached hydrogen (secondary N) is 2. The molecule has 2 heterocycles. The minimum atomic E-state index is -0.0722. The van der Waals surface area contributed by atoms with Crippen molar-refractivity contribution in [2.45, 2.75) is 50.7 Å². The molecule has 194 valence electrons. The third-order valence-corrected chi connectivity index (χ3v) is 7.29. The molecule has 2 amide bonds. The van der Waals surface area contributed by atoms with Crippen LogP contribution in [0.25, 0.3) is 5.57 Å². The second-order valence-electron chi connectivity index (χ2n) is 9.81.